The summed E-state index contributed by atoms with van der Waals surface area (Å²) in [6.07, 6.45) is 3.75. The molecule has 16 rings (SSSR count). The van der Waals surface area contributed by atoms with E-state index >= 15 is 0 Å². The summed E-state index contributed by atoms with van der Waals surface area (Å²) in [7, 11) is 0. The van der Waals surface area contributed by atoms with Crippen molar-refractivity contribution in [2.45, 2.75) is 5.41 Å². The number of hydrogen-bond acceptors (Lipinski definition) is 3. The summed E-state index contributed by atoms with van der Waals surface area (Å²) < 4.78 is 5.27. The molecule has 0 bridgehead atoms. The van der Waals surface area contributed by atoms with Crippen LogP contribution in [0, 0.1) is 7.14 Å². The zero-order valence-electron chi connectivity index (χ0n) is 41.1. The molecule has 2 aliphatic carbocycles. The van der Waals surface area contributed by atoms with Crippen molar-refractivity contribution in [3.63, 3.8) is 0 Å². The van der Waals surface area contributed by atoms with Crippen molar-refractivity contribution in [3.8, 4) is 72.7 Å². The van der Waals surface area contributed by atoms with Crippen LogP contribution in [-0.4, -0.2) is 14.5 Å². The summed E-state index contributed by atoms with van der Waals surface area (Å²) in [6, 6.07) is 94.4. The molecule has 1 spiro atoms. The molecular formula is C71H44IN4-. The van der Waals surface area contributed by atoms with Gasteiger partial charge in [0.2, 0.25) is 0 Å². The Morgan fingerprint density at radius 2 is 0.895 bits per heavy atom. The molecule has 0 saturated carbocycles. The van der Waals surface area contributed by atoms with Crippen molar-refractivity contribution in [1.29, 1.82) is 0 Å². The number of rotatable bonds is 7. The zero-order chi connectivity index (χ0) is 49.9. The Kier molecular flexibility index (Phi) is 9.64. The van der Waals surface area contributed by atoms with Crippen LogP contribution in [0.1, 0.15) is 22.3 Å². The summed E-state index contributed by atoms with van der Waals surface area (Å²) in [4.78, 5) is 12.5. The molecule has 356 valence electrons. The molecule has 11 aromatic carbocycles. The predicted octanol–water partition coefficient (Wildman–Crippen LogP) is 14.5. The van der Waals surface area contributed by atoms with Gasteiger partial charge in [0, 0.05) is 0 Å². The molecule has 3 heterocycles. The molecular weight excluding hydrogens is 1040 g/mol. The second-order valence-electron chi connectivity index (χ2n) is 20.0. The van der Waals surface area contributed by atoms with Gasteiger partial charge in [0.05, 0.1) is 0 Å². The van der Waals surface area contributed by atoms with Gasteiger partial charge in [-0.05, 0) is 0 Å². The maximum absolute atomic E-state index is 5.00. The fraction of sp³-hybridized carbons (Fsp3) is 0.0141. The third kappa shape index (κ3) is 6.30. The third-order valence-corrected chi connectivity index (χ3v) is 19.2. The molecule has 13 aromatic rings. The van der Waals surface area contributed by atoms with Crippen molar-refractivity contribution in [3.05, 3.63) is 297 Å². The first kappa shape index (κ1) is 43.3. The minimum atomic E-state index is -0.645. The summed E-state index contributed by atoms with van der Waals surface area (Å²) in [6.45, 7) is 0. The molecule has 3 aliphatic rings. The standard InChI is InChI=1S/C71H44IN4/c1-4-17-45(18-5-1)47-29-32-50(33-30-47)75(52-34-37-56-55-25-12-15-28-62(55)71(63(56)43-52)60-26-13-10-23-53(60)54-24-11-14-27-61(54)71)51-35-38-64-58(42-51)67-59(70-73-39-16-40-74-70)44-66-68(69(67)72-64)57-36-31-48(46-19-6-2-7-20-46)41-65(57)76(66)49-21-8-3-9-22-49/h1-44H/q-1. The normalized spacial score (nSPS) is 13.2. The summed E-state index contributed by atoms with van der Waals surface area (Å²) in [5.41, 5.74) is 25.1. The minimum absolute atomic E-state index is 0.476. The zero-order valence-corrected chi connectivity index (χ0v) is 43.2. The molecule has 2 aromatic heterocycles. The molecule has 0 unspecified atom stereocenters. The van der Waals surface area contributed by atoms with E-state index in [0.717, 1.165) is 34.1 Å². The topological polar surface area (TPSA) is 34.0 Å². The van der Waals surface area contributed by atoms with Crippen molar-refractivity contribution in [1.82, 2.24) is 14.5 Å². The van der Waals surface area contributed by atoms with E-state index in [1.54, 1.807) is 0 Å². The first-order valence-corrected chi connectivity index (χ1v) is 28.1. The molecule has 0 fully saturated rings. The van der Waals surface area contributed by atoms with E-state index < -0.39 is 26.6 Å². The number of para-hydroxylation sites is 1. The molecule has 76 heavy (non-hydrogen) atoms. The Hall–Kier alpha value is -9.17. The van der Waals surface area contributed by atoms with Crippen molar-refractivity contribution in [2.75, 3.05) is 4.90 Å². The number of halogens is 1. The quantitative estimate of drug-likeness (QED) is 0.149. The number of nitrogens with zero attached hydrogens (tertiary/aromatic N) is 4. The summed E-state index contributed by atoms with van der Waals surface area (Å²) in [5, 5.41) is 2.57. The average Bonchev–Trinajstić information content (AvgIpc) is 4.22. The Bertz CT molecular complexity index is 4410. The number of aromatic nitrogens is 3. The van der Waals surface area contributed by atoms with Gasteiger partial charge in [0.1, 0.15) is 0 Å². The second kappa shape index (κ2) is 16.9. The van der Waals surface area contributed by atoms with Crippen LogP contribution >= 0.6 is 0 Å². The predicted molar refractivity (Wildman–Crippen MR) is 306 cm³/mol. The van der Waals surface area contributed by atoms with Gasteiger partial charge in [-0.25, -0.2) is 0 Å². The van der Waals surface area contributed by atoms with E-state index in [1.807, 2.05) is 18.5 Å². The van der Waals surface area contributed by atoms with Crippen LogP contribution in [0.3, 0.4) is 0 Å². The first-order chi connectivity index (χ1) is 37.7. The van der Waals surface area contributed by atoms with Crippen LogP contribution in [0.4, 0.5) is 17.1 Å². The van der Waals surface area contributed by atoms with Gasteiger partial charge >= 0.3 is 436 Å². The van der Waals surface area contributed by atoms with Crippen LogP contribution in [0.15, 0.2) is 267 Å². The van der Waals surface area contributed by atoms with Gasteiger partial charge in [0.15, 0.2) is 0 Å². The SMILES string of the molecule is c1ccc(-c2ccc(N(c3ccc4c(c3)-c3c(-c5ncccn5)cc5c(c3[I-]4)c3ccc(-c4ccccc4)cc3n5-c3ccccc3)c3ccc4c(c3)C3(c5ccccc5-c5ccccc53)c3ccccc3-4)cc2)cc1. The maximum atomic E-state index is 5.00. The van der Waals surface area contributed by atoms with Crippen LogP contribution in [0.5, 0.6) is 0 Å². The van der Waals surface area contributed by atoms with E-state index in [4.69, 9.17) is 9.97 Å². The molecule has 0 N–H and O–H groups in total. The van der Waals surface area contributed by atoms with E-state index in [0.29, 0.717) is 0 Å². The third-order valence-electron chi connectivity index (χ3n) is 16.1. The molecule has 0 atom stereocenters. The molecule has 1 aliphatic heterocycles. The summed E-state index contributed by atoms with van der Waals surface area (Å²) in [5.74, 6) is 0.728. The number of benzene rings is 11. The van der Waals surface area contributed by atoms with Crippen LogP contribution in [-0.2, 0) is 5.41 Å². The number of fused-ring (bicyclic) bond motifs is 17. The van der Waals surface area contributed by atoms with Crippen molar-refractivity contribution >= 4 is 38.9 Å². The van der Waals surface area contributed by atoms with Crippen LogP contribution in [0.2, 0.25) is 0 Å². The van der Waals surface area contributed by atoms with Gasteiger partial charge in [0.25, 0.3) is 0 Å². The Balaban J connectivity index is 0.937. The van der Waals surface area contributed by atoms with E-state index in [-0.39, 0.29) is 0 Å². The van der Waals surface area contributed by atoms with Crippen molar-refractivity contribution < 1.29 is 21.2 Å². The van der Waals surface area contributed by atoms with E-state index in [1.165, 1.54) is 107 Å². The van der Waals surface area contributed by atoms with E-state index in [2.05, 4.69) is 258 Å². The second-order valence-corrected chi connectivity index (χ2v) is 22.8. The van der Waals surface area contributed by atoms with Crippen molar-refractivity contribution in [2.24, 2.45) is 0 Å². The Morgan fingerprint density at radius 3 is 1.55 bits per heavy atom. The Labute approximate surface area is 451 Å². The fourth-order valence-electron chi connectivity index (χ4n) is 12.9. The molecule has 0 saturated heterocycles. The van der Waals surface area contributed by atoms with Crippen LogP contribution in [0.25, 0.3) is 94.5 Å². The number of hydrogen-bond donors (Lipinski definition) is 0. The molecule has 0 amide bonds. The van der Waals surface area contributed by atoms with Gasteiger partial charge in [-0.15, -0.1) is 0 Å². The van der Waals surface area contributed by atoms with Crippen LogP contribution < -0.4 is 26.1 Å². The average molecular weight is 1080 g/mol. The Morgan fingerprint density at radius 1 is 0.368 bits per heavy atom. The molecule has 0 radical (unpaired) electrons. The van der Waals surface area contributed by atoms with Gasteiger partial charge in [-0.1, -0.05) is 18.2 Å². The number of anilines is 3. The summed E-state index contributed by atoms with van der Waals surface area (Å²) >= 11 is -0.645. The van der Waals surface area contributed by atoms with Gasteiger partial charge in [-0.3, -0.25) is 0 Å². The van der Waals surface area contributed by atoms with E-state index in [9.17, 15) is 0 Å². The fourth-order valence-corrected chi connectivity index (χ4v) is 16.2. The monoisotopic (exact) mass is 1080 g/mol. The van der Waals surface area contributed by atoms with Gasteiger partial charge in [-0.2, -0.15) is 0 Å². The molecule has 4 nitrogen and oxygen atoms in total. The first-order valence-electron chi connectivity index (χ1n) is 25.9. The van der Waals surface area contributed by atoms with Gasteiger partial charge < -0.3 is 0 Å². The molecule has 5 heteroatoms.